The van der Waals surface area contributed by atoms with Crippen molar-refractivity contribution in [2.45, 2.75) is 26.2 Å². The summed E-state index contributed by atoms with van der Waals surface area (Å²) >= 11 is 0. The van der Waals surface area contributed by atoms with Crippen LogP contribution in [0.2, 0.25) is 0 Å². The molecule has 0 heterocycles. The van der Waals surface area contributed by atoms with Gasteiger partial charge in [0.1, 0.15) is 0 Å². The van der Waals surface area contributed by atoms with Crippen LogP contribution >= 0.6 is 0 Å². The maximum absolute atomic E-state index is 11.5. The van der Waals surface area contributed by atoms with Crippen molar-refractivity contribution in [3.63, 3.8) is 0 Å². The molecule has 1 fully saturated rings. The topological polar surface area (TPSA) is 32.3 Å². The van der Waals surface area contributed by atoms with Gasteiger partial charge in [0.05, 0.1) is 0 Å². The minimum atomic E-state index is 0.231. The summed E-state index contributed by atoms with van der Waals surface area (Å²) in [5, 5.41) is 2.99. The van der Waals surface area contributed by atoms with Crippen molar-refractivity contribution < 1.29 is 4.79 Å². The van der Waals surface area contributed by atoms with Crippen LogP contribution in [0.1, 0.15) is 26.2 Å². The third-order valence-corrected chi connectivity index (χ3v) is 2.82. The first-order chi connectivity index (χ1) is 6.61. The fourth-order valence-corrected chi connectivity index (χ4v) is 1.58. The minimum Gasteiger partial charge on any atom is -0.356 e. The third kappa shape index (κ3) is 4.09. The van der Waals surface area contributed by atoms with E-state index in [2.05, 4.69) is 24.3 Å². The first-order valence-corrected chi connectivity index (χ1v) is 5.53. The average molecular weight is 198 g/mol. The lowest BCUT2D eigenvalue weighted by Crippen LogP contribution is -2.32. The quantitative estimate of drug-likeness (QED) is 0.648. The van der Waals surface area contributed by atoms with E-state index in [4.69, 9.17) is 0 Å². The summed E-state index contributed by atoms with van der Waals surface area (Å²) in [6.07, 6.45) is 3.52. The lowest BCUT2D eigenvalue weighted by Gasteiger charge is -2.12. The van der Waals surface area contributed by atoms with Gasteiger partial charge in [-0.15, -0.1) is 0 Å². The second-order valence-electron chi connectivity index (χ2n) is 4.57. The highest BCUT2D eigenvalue weighted by molar-refractivity contribution is 5.78. The van der Waals surface area contributed by atoms with Gasteiger partial charge >= 0.3 is 0 Å². The van der Waals surface area contributed by atoms with E-state index >= 15 is 0 Å². The average Bonchev–Trinajstić information content (AvgIpc) is 2.93. The van der Waals surface area contributed by atoms with E-state index in [9.17, 15) is 4.79 Å². The maximum Gasteiger partial charge on any atom is 0.223 e. The summed E-state index contributed by atoms with van der Waals surface area (Å²) in [7, 11) is 4.10. The Morgan fingerprint density at radius 2 is 2.14 bits per heavy atom. The molecule has 3 heteroatoms. The van der Waals surface area contributed by atoms with Crippen molar-refractivity contribution in [1.29, 1.82) is 0 Å². The SMILES string of the molecule is CC(C(=O)NCCCN(C)C)C1CC1. The number of hydrogen-bond donors (Lipinski definition) is 1. The van der Waals surface area contributed by atoms with Crippen molar-refractivity contribution in [2.75, 3.05) is 27.2 Å². The first kappa shape index (κ1) is 11.5. The molecule has 1 amide bonds. The molecule has 1 rings (SSSR count). The molecule has 1 atom stereocenters. The molecule has 0 bridgehead atoms. The predicted molar refractivity (Wildman–Crippen MR) is 58.1 cm³/mol. The highest BCUT2D eigenvalue weighted by Crippen LogP contribution is 2.36. The second kappa shape index (κ2) is 5.35. The molecule has 1 aliphatic carbocycles. The van der Waals surface area contributed by atoms with Gasteiger partial charge in [0.25, 0.3) is 0 Å². The first-order valence-electron chi connectivity index (χ1n) is 5.53. The number of nitrogens with zero attached hydrogens (tertiary/aromatic N) is 1. The van der Waals surface area contributed by atoms with Crippen LogP contribution in [0.5, 0.6) is 0 Å². The Balaban J connectivity index is 2.02. The Kier molecular flexibility index (Phi) is 4.39. The number of amides is 1. The number of carbonyl (C=O) groups excluding carboxylic acids is 1. The third-order valence-electron chi connectivity index (χ3n) is 2.82. The van der Waals surface area contributed by atoms with E-state index in [1.165, 1.54) is 12.8 Å². The van der Waals surface area contributed by atoms with Gasteiger partial charge in [0.15, 0.2) is 0 Å². The summed E-state index contributed by atoms with van der Waals surface area (Å²) in [5.41, 5.74) is 0. The summed E-state index contributed by atoms with van der Waals surface area (Å²) in [6.45, 7) is 3.89. The molecule has 0 aromatic carbocycles. The summed E-state index contributed by atoms with van der Waals surface area (Å²) in [6, 6.07) is 0. The highest BCUT2D eigenvalue weighted by atomic mass is 16.1. The zero-order valence-corrected chi connectivity index (χ0v) is 9.55. The fourth-order valence-electron chi connectivity index (χ4n) is 1.58. The molecule has 1 aliphatic rings. The standard InChI is InChI=1S/C11H22N2O/c1-9(10-5-6-10)11(14)12-7-4-8-13(2)3/h9-10H,4-8H2,1-3H3,(H,12,14). The van der Waals surface area contributed by atoms with Crippen molar-refractivity contribution in [3.8, 4) is 0 Å². The van der Waals surface area contributed by atoms with Crippen molar-refractivity contribution in [1.82, 2.24) is 10.2 Å². The summed E-state index contributed by atoms with van der Waals surface area (Å²) in [4.78, 5) is 13.7. The van der Waals surface area contributed by atoms with Gasteiger partial charge in [-0.1, -0.05) is 6.92 Å². The molecule has 82 valence electrons. The van der Waals surface area contributed by atoms with Crippen LogP contribution in [-0.2, 0) is 4.79 Å². The minimum absolute atomic E-state index is 0.231. The molecule has 0 aromatic rings. The van der Waals surface area contributed by atoms with E-state index in [0.29, 0.717) is 5.92 Å². The molecule has 0 aromatic heterocycles. The lowest BCUT2D eigenvalue weighted by atomic mass is 10.1. The van der Waals surface area contributed by atoms with Gasteiger partial charge < -0.3 is 10.2 Å². The van der Waals surface area contributed by atoms with Crippen LogP contribution in [0.25, 0.3) is 0 Å². The Labute approximate surface area is 86.9 Å². The van der Waals surface area contributed by atoms with Gasteiger partial charge in [0.2, 0.25) is 5.91 Å². The molecule has 0 spiro atoms. The smallest absolute Gasteiger partial charge is 0.223 e. The largest absolute Gasteiger partial charge is 0.356 e. The number of hydrogen-bond acceptors (Lipinski definition) is 2. The summed E-state index contributed by atoms with van der Waals surface area (Å²) in [5.74, 6) is 1.14. The molecule has 1 N–H and O–H groups in total. The Morgan fingerprint density at radius 1 is 1.50 bits per heavy atom. The predicted octanol–water partition coefficient (Wildman–Crippen LogP) is 1.10. The summed E-state index contributed by atoms with van der Waals surface area (Å²) < 4.78 is 0. The Hall–Kier alpha value is -0.570. The van der Waals surface area contributed by atoms with E-state index in [0.717, 1.165) is 19.5 Å². The second-order valence-corrected chi connectivity index (χ2v) is 4.57. The van der Waals surface area contributed by atoms with E-state index in [1.807, 2.05) is 6.92 Å². The molecule has 0 radical (unpaired) electrons. The van der Waals surface area contributed by atoms with E-state index in [1.54, 1.807) is 0 Å². The molecule has 0 saturated heterocycles. The van der Waals surface area contributed by atoms with Crippen molar-refractivity contribution in [3.05, 3.63) is 0 Å². The zero-order chi connectivity index (χ0) is 10.6. The maximum atomic E-state index is 11.5. The van der Waals surface area contributed by atoms with Crippen molar-refractivity contribution >= 4 is 5.91 Å². The number of rotatable bonds is 6. The van der Waals surface area contributed by atoms with E-state index in [-0.39, 0.29) is 11.8 Å². The molecule has 1 unspecified atom stereocenters. The number of nitrogens with one attached hydrogen (secondary N) is 1. The van der Waals surface area contributed by atoms with Crippen LogP contribution in [0, 0.1) is 11.8 Å². The Bertz CT molecular complexity index is 188. The number of carbonyl (C=O) groups is 1. The van der Waals surface area contributed by atoms with Crippen LogP contribution in [0.4, 0.5) is 0 Å². The van der Waals surface area contributed by atoms with E-state index < -0.39 is 0 Å². The molecule has 0 aliphatic heterocycles. The van der Waals surface area contributed by atoms with Crippen molar-refractivity contribution in [2.24, 2.45) is 11.8 Å². The van der Waals surface area contributed by atoms with Gasteiger partial charge in [-0.25, -0.2) is 0 Å². The zero-order valence-electron chi connectivity index (χ0n) is 9.55. The fraction of sp³-hybridized carbons (Fsp3) is 0.909. The van der Waals surface area contributed by atoms with Gasteiger partial charge in [-0.3, -0.25) is 4.79 Å². The van der Waals surface area contributed by atoms with Gasteiger partial charge in [-0.05, 0) is 45.8 Å². The molecular weight excluding hydrogens is 176 g/mol. The molecule has 1 saturated carbocycles. The van der Waals surface area contributed by atoms with Gasteiger partial charge in [0, 0.05) is 12.5 Å². The lowest BCUT2D eigenvalue weighted by molar-refractivity contribution is -0.125. The monoisotopic (exact) mass is 198 g/mol. The van der Waals surface area contributed by atoms with Crippen LogP contribution in [0.15, 0.2) is 0 Å². The van der Waals surface area contributed by atoms with Crippen LogP contribution in [-0.4, -0.2) is 38.0 Å². The molecule has 3 nitrogen and oxygen atoms in total. The van der Waals surface area contributed by atoms with Crippen LogP contribution < -0.4 is 5.32 Å². The van der Waals surface area contributed by atoms with Gasteiger partial charge in [-0.2, -0.15) is 0 Å². The molecular formula is C11H22N2O. The van der Waals surface area contributed by atoms with Crippen LogP contribution in [0.3, 0.4) is 0 Å². The Morgan fingerprint density at radius 3 is 2.64 bits per heavy atom. The normalized spacial score (nSPS) is 18.3. The molecule has 14 heavy (non-hydrogen) atoms. The highest BCUT2D eigenvalue weighted by Gasteiger charge is 2.32.